The standard InChI is InChI=1S/C13H17F2NO/c14-10-4-5-12(15)11(8-10)13(17)9-16-6-2-1-3-7-16/h4-5,8,13,17H,1-3,6-7,9H2. The molecule has 0 aromatic heterocycles. The topological polar surface area (TPSA) is 23.5 Å². The molecule has 1 aliphatic heterocycles. The van der Waals surface area contributed by atoms with Crippen LogP contribution >= 0.6 is 0 Å². The first-order valence-corrected chi connectivity index (χ1v) is 6.02. The highest BCUT2D eigenvalue weighted by molar-refractivity contribution is 5.21. The van der Waals surface area contributed by atoms with Gasteiger partial charge in [0, 0.05) is 12.1 Å². The molecule has 94 valence electrons. The lowest BCUT2D eigenvalue weighted by atomic mass is 10.1. The van der Waals surface area contributed by atoms with Crippen LogP contribution in [0, 0.1) is 11.6 Å². The molecular formula is C13H17F2NO. The Balaban J connectivity index is 2.02. The number of benzene rings is 1. The van der Waals surface area contributed by atoms with Gasteiger partial charge in [-0.05, 0) is 44.1 Å². The minimum Gasteiger partial charge on any atom is -0.387 e. The van der Waals surface area contributed by atoms with Crippen molar-refractivity contribution in [3.05, 3.63) is 35.4 Å². The Kier molecular flexibility index (Phi) is 4.07. The van der Waals surface area contributed by atoms with Crippen molar-refractivity contribution < 1.29 is 13.9 Å². The highest BCUT2D eigenvalue weighted by atomic mass is 19.1. The molecule has 1 aliphatic rings. The van der Waals surface area contributed by atoms with E-state index in [0.29, 0.717) is 6.54 Å². The van der Waals surface area contributed by atoms with E-state index in [-0.39, 0.29) is 5.56 Å². The maximum atomic E-state index is 13.4. The maximum absolute atomic E-state index is 13.4. The van der Waals surface area contributed by atoms with Crippen molar-refractivity contribution in [2.75, 3.05) is 19.6 Å². The van der Waals surface area contributed by atoms with E-state index < -0.39 is 17.7 Å². The van der Waals surface area contributed by atoms with Gasteiger partial charge >= 0.3 is 0 Å². The van der Waals surface area contributed by atoms with Crippen LogP contribution in [0.5, 0.6) is 0 Å². The van der Waals surface area contributed by atoms with Crippen LogP contribution in [0.15, 0.2) is 18.2 Å². The fraction of sp³-hybridized carbons (Fsp3) is 0.538. The minimum atomic E-state index is -0.955. The summed E-state index contributed by atoms with van der Waals surface area (Å²) >= 11 is 0. The van der Waals surface area contributed by atoms with Gasteiger partial charge in [0.25, 0.3) is 0 Å². The van der Waals surface area contributed by atoms with Gasteiger partial charge in [-0.2, -0.15) is 0 Å². The van der Waals surface area contributed by atoms with Crippen LogP contribution in [0.1, 0.15) is 30.9 Å². The van der Waals surface area contributed by atoms with Gasteiger partial charge in [0.05, 0.1) is 6.10 Å². The third-order valence-corrected chi connectivity index (χ3v) is 3.20. The van der Waals surface area contributed by atoms with Gasteiger partial charge < -0.3 is 10.0 Å². The van der Waals surface area contributed by atoms with E-state index >= 15 is 0 Å². The van der Waals surface area contributed by atoms with Gasteiger partial charge in [-0.3, -0.25) is 0 Å². The Hall–Kier alpha value is -1.00. The molecule has 17 heavy (non-hydrogen) atoms. The van der Waals surface area contributed by atoms with E-state index in [0.717, 1.165) is 44.1 Å². The van der Waals surface area contributed by atoms with Crippen LogP contribution in [-0.4, -0.2) is 29.6 Å². The number of aliphatic hydroxyl groups excluding tert-OH is 1. The number of nitrogens with zero attached hydrogens (tertiary/aromatic N) is 1. The average molecular weight is 241 g/mol. The highest BCUT2D eigenvalue weighted by Gasteiger charge is 2.18. The van der Waals surface area contributed by atoms with Gasteiger partial charge in [0.2, 0.25) is 0 Å². The molecule has 1 N–H and O–H groups in total. The van der Waals surface area contributed by atoms with Gasteiger partial charge in [-0.25, -0.2) is 8.78 Å². The smallest absolute Gasteiger partial charge is 0.129 e. The Bertz CT molecular complexity index is 378. The lowest BCUT2D eigenvalue weighted by molar-refractivity contribution is 0.0985. The summed E-state index contributed by atoms with van der Waals surface area (Å²) in [6.45, 7) is 2.22. The first-order valence-electron chi connectivity index (χ1n) is 6.02. The van der Waals surface area contributed by atoms with E-state index in [2.05, 4.69) is 4.90 Å². The number of halogens is 2. The van der Waals surface area contributed by atoms with E-state index in [1.165, 1.54) is 6.42 Å². The lowest BCUT2D eigenvalue weighted by Crippen LogP contribution is -2.33. The van der Waals surface area contributed by atoms with E-state index in [9.17, 15) is 13.9 Å². The van der Waals surface area contributed by atoms with Gasteiger partial charge in [0.15, 0.2) is 0 Å². The van der Waals surface area contributed by atoms with Gasteiger partial charge in [-0.15, -0.1) is 0 Å². The molecule has 1 aromatic carbocycles. The van der Waals surface area contributed by atoms with Crippen molar-refractivity contribution in [1.82, 2.24) is 4.90 Å². The molecule has 0 aliphatic carbocycles. The number of hydrogen-bond donors (Lipinski definition) is 1. The molecule has 0 amide bonds. The maximum Gasteiger partial charge on any atom is 0.129 e. The molecule has 2 rings (SSSR count). The third-order valence-electron chi connectivity index (χ3n) is 3.20. The summed E-state index contributed by atoms with van der Waals surface area (Å²) in [4.78, 5) is 2.10. The Morgan fingerprint density at radius 1 is 1.18 bits per heavy atom. The van der Waals surface area contributed by atoms with Crippen molar-refractivity contribution in [3.8, 4) is 0 Å². The summed E-state index contributed by atoms with van der Waals surface area (Å²) in [5.41, 5.74) is 0.0515. The van der Waals surface area contributed by atoms with Gasteiger partial charge in [-0.1, -0.05) is 6.42 Å². The molecule has 1 atom stereocenters. The number of piperidine rings is 1. The van der Waals surface area contributed by atoms with Crippen LogP contribution in [-0.2, 0) is 0 Å². The largest absolute Gasteiger partial charge is 0.387 e. The van der Waals surface area contributed by atoms with Crippen LogP contribution in [0.3, 0.4) is 0 Å². The molecule has 1 fully saturated rings. The first kappa shape index (κ1) is 12.5. The molecule has 4 heteroatoms. The summed E-state index contributed by atoms with van der Waals surface area (Å²) in [7, 11) is 0. The van der Waals surface area contributed by atoms with Crippen LogP contribution in [0.4, 0.5) is 8.78 Å². The van der Waals surface area contributed by atoms with Crippen molar-refractivity contribution in [2.45, 2.75) is 25.4 Å². The zero-order chi connectivity index (χ0) is 12.3. The van der Waals surface area contributed by atoms with Crippen molar-refractivity contribution in [1.29, 1.82) is 0 Å². The summed E-state index contributed by atoms with van der Waals surface area (Å²) in [6, 6.07) is 3.19. The van der Waals surface area contributed by atoms with Gasteiger partial charge in [0.1, 0.15) is 11.6 Å². The summed E-state index contributed by atoms with van der Waals surface area (Å²) in [5.74, 6) is -1.06. The fourth-order valence-electron chi connectivity index (χ4n) is 2.25. The zero-order valence-corrected chi connectivity index (χ0v) is 9.70. The normalized spacial score (nSPS) is 19.2. The number of likely N-dealkylation sites (tertiary alicyclic amines) is 1. The summed E-state index contributed by atoms with van der Waals surface area (Å²) in [5, 5.41) is 9.93. The number of rotatable bonds is 3. The molecular weight excluding hydrogens is 224 g/mol. The van der Waals surface area contributed by atoms with Crippen molar-refractivity contribution >= 4 is 0 Å². The number of β-amino-alcohol motifs (C(OH)–C–C–N with tert-alkyl or cyclic N) is 1. The molecule has 0 saturated carbocycles. The molecule has 0 spiro atoms. The second-order valence-corrected chi connectivity index (χ2v) is 4.54. The SMILES string of the molecule is OC(CN1CCCCC1)c1cc(F)ccc1F. The van der Waals surface area contributed by atoms with Crippen LogP contribution in [0.2, 0.25) is 0 Å². The molecule has 2 nitrogen and oxygen atoms in total. The zero-order valence-electron chi connectivity index (χ0n) is 9.70. The fourth-order valence-corrected chi connectivity index (χ4v) is 2.25. The second kappa shape index (κ2) is 5.56. The quantitative estimate of drug-likeness (QED) is 0.878. The minimum absolute atomic E-state index is 0.0515. The van der Waals surface area contributed by atoms with Crippen molar-refractivity contribution in [2.24, 2.45) is 0 Å². The molecule has 1 saturated heterocycles. The first-order chi connectivity index (χ1) is 8.16. The second-order valence-electron chi connectivity index (χ2n) is 4.54. The predicted molar refractivity (Wildman–Crippen MR) is 61.6 cm³/mol. The lowest BCUT2D eigenvalue weighted by Gasteiger charge is -2.28. The average Bonchev–Trinajstić information content (AvgIpc) is 2.33. The molecule has 1 unspecified atom stereocenters. The van der Waals surface area contributed by atoms with Crippen LogP contribution in [0.25, 0.3) is 0 Å². The summed E-state index contributed by atoms with van der Waals surface area (Å²) < 4.78 is 26.4. The molecule has 1 aromatic rings. The Labute approximate surface area is 99.9 Å². The number of aliphatic hydroxyl groups is 1. The molecule has 0 radical (unpaired) electrons. The van der Waals surface area contributed by atoms with E-state index in [4.69, 9.17) is 0 Å². The Morgan fingerprint density at radius 2 is 1.88 bits per heavy atom. The van der Waals surface area contributed by atoms with E-state index in [1.807, 2.05) is 0 Å². The predicted octanol–water partition coefficient (Wildman–Crippen LogP) is 2.48. The van der Waals surface area contributed by atoms with Crippen LogP contribution < -0.4 is 0 Å². The third kappa shape index (κ3) is 3.23. The van der Waals surface area contributed by atoms with E-state index in [1.54, 1.807) is 0 Å². The highest BCUT2D eigenvalue weighted by Crippen LogP contribution is 2.20. The molecule has 1 heterocycles. The monoisotopic (exact) mass is 241 g/mol. The summed E-state index contributed by atoms with van der Waals surface area (Å²) in [6.07, 6.45) is 2.47. The number of hydrogen-bond acceptors (Lipinski definition) is 2. The molecule has 0 bridgehead atoms. The Morgan fingerprint density at radius 3 is 2.59 bits per heavy atom. The van der Waals surface area contributed by atoms with Crippen molar-refractivity contribution in [3.63, 3.8) is 0 Å².